The highest BCUT2D eigenvalue weighted by molar-refractivity contribution is 7.17. The van der Waals surface area contributed by atoms with Crippen LogP contribution in [0.1, 0.15) is 27.2 Å². The van der Waals surface area contributed by atoms with Crippen molar-refractivity contribution in [3.05, 3.63) is 46.3 Å². The number of hydrogen-bond donors (Lipinski definition) is 2. The van der Waals surface area contributed by atoms with E-state index >= 15 is 0 Å². The summed E-state index contributed by atoms with van der Waals surface area (Å²) in [6.07, 6.45) is 1.91. The molecule has 5 nitrogen and oxygen atoms in total. The molecular weight excluding hydrogens is 290 g/mol. The number of nitrogens with one attached hydrogen (secondary N) is 1. The van der Waals surface area contributed by atoms with Crippen LogP contribution in [0.4, 0.5) is 9.80 Å². The molecule has 1 aliphatic rings. The number of benzene rings is 1. The highest BCUT2D eigenvalue weighted by Gasteiger charge is 2.27. The van der Waals surface area contributed by atoms with E-state index in [0.29, 0.717) is 10.8 Å². The number of rotatable bonds is 3. The summed E-state index contributed by atoms with van der Waals surface area (Å²) in [6.45, 7) is 0. The number of carboxylic acids is 1. The first kappa shape index (κ1) is 13.6. The van der Waals surface area contributed by atoms with E-state index in [1.54, 1.807) is 24.3 Å². The average Bonchev–Trinajstić information content (AvgIpc) is 2.99. The zero-order valence-electron chi connectivity index (χ0n) is 11.1. The van der Waals surface area contributed by atoms with Crippen LogP contribution in [0, 0.1) is 0 Å². The van der Waals surface area contributed by atoms with Gasteiger partial charge in [0.25, 0.3) is 0 Å². The van der Waals surface area contributed by atoms with Gasteiger partial charge < -0.3 is 9.84 Å². The number of thiophene rings is 1. The Balaban J connectivity index is 1.79. The summed E-state index contributed by atoms with van der Waals surface area (Å²) in [4.78, 5) is 24.3. The second-order valence-corrected chi connectivity index (χ2v) is 5.80. The Morgan fingerprint density at radius 3 is 2.67 bits per heavy atom. The molecule has 21 heavy (non-hydrogen) atoms. The third-order valence-electron chi connectivity index (χ3n) is 3.30. The van der Waals surface area contributed by atoms with Gasteiger partial charge in [-0.2, -0.15) is 0 Å². The molecule has 0 saturated heterocycles. The van der Waals surface area contributed by atoms with Gasteiger partial charge in [-0.05, 0) is 37.0 Å². The molecule has 0 saturated carbocycles. The van der Waals surface area contributed by atoms with Gasteiger partial charge >= 0.3 is 12.1 Å². The number of hydrogen-bond acceptors (Lipinski definition) is 4. The van der Waals surface area contributed by atoms with Crippen molar-refractivity contribution in [3.63, 3.8) is 0 Å². The largest absolute Gasteiger partial charge is 0.478 e. The van der Waals surface area contributed by atoms with Crippen LogP contribution in [-0.2, 0) is 12.8 Å². The smallest absolute Gasteiger partial charge is 0.417 e. The molecule has 108 valence electrons. The summed E-state index contributed by atoms with van der Waals surface area (Å²) in [5.74, 6) is -0.597. The van der Waals surface area contributed by atoms with Crippen molar-refractivity contribution in [2.24, 2.45) is 0 Å². The van der Waals surface area contributed by atoms with E-state index < -0.39 is 12.1 Å². The van der Waals surface area contributed by atoms with E-state index in [1.165, 1.54) is 11.3 Å². The van der Waals surface area contributed by atoms with Crippen LogP contribution in [0.5, 0.6) is 5.75 Å². The van der Waals surface area contributed by atoms with Crippen LogP contribution < -0.4 is 10.1 Å². The summed E-state index contributed by atoms with van der Waals surface area (Å²) in [7, 11) is 0. The lowest BCUT2D eigenvalue weighted by Gasteiger charge is -2.06. The van der Waals surface area contributed by atoms with Crippen LogP contribution in [0.25, 0.3) is 0 Å². The topological polar surface area (TPSA) is 75.6 Å². The highest BCUT2D eigenvalue weighted by Crippen LogP contribution is 2.39. The number of fused-ring (bicyclic) bond motifs is 1. The Kier molecular flexibility index (Phi) is 3.62. The van der Waals surface area contributed by atoms with Gasteiger partial charge in [0.2, 0.25) is 0 Å². The SMILES string of the molecule is O=C(Nc1sc2c(c1C(=O)O)CCC2)Oc1ccccc1. The molecule has 0 radical (unpaired) electrons. The van der Waals surface area contributed by atoms with Crippen molar-refractivity contribution in [2.75, 3.05) is 5.32 Å². The van der Waals surface area contributed by atoms with Crippen molar-refractivity contribution in [1.29, 1.82) is 0 Å². The first-order valence-corrected chi connectivity index (χ1v) is 7.38. The van der Waals surface area contributed by atoms with Gasteiger partial charge in [0.15, 0.2) is 0 Å². The number of para-hydroxylation sites is 1. The standard InChI is InChI=1S/C15H13NO4S/c17-14(18)12-10-7-4-8-11(10)21-13(12)16-15(19)20-9-5-2-1-3-6-9/h1-3,5-6H,4,7-8H2,(H,16,19)(H,17,18). The molecule has 1 amide bonds. The van der Waals surface area contributed by atoms with Gasteiger partial charge in [0.1, 0.15) is 10.8 Å². The summed E-state index contributed by atoms with van der Waals surface area (Å²) in [6, 6.07) is 8.64. The first-order chi connectivity index (χ1) is 10.1. The molecule has 3 rings (SSSR count). The van der Waals surface area contributed by atoms with Gasteiger partial charge in [0.05, 0.1) is 5.56 Å². The molecule has 0 fully saturated rings. The second kappa shape index (κ2) is 5.57. The summed E-state index contributed by atoms with van der Waals surface area (Å²) >= 11 is 1.32. The molecule has 1 aromatic heterocycles. The van der Waals surface area contributed by atoms with E-state index in [-0.39, 0.29) is 5.56 Å². The molecule has 1 heterocycles. The third kappa shape index (κ3) is 2.75. The minimum atomic E-state index is -1.01. The van der Waals surface area contributed by atoms with Gasteiger partial charge in [0, 0.05) is 4.88 Å². The molecule has 1 aromatic carbocycles. The average molecular weight is 303 g/mol. The van der Waals surface area contributed by atoms with Gasteiger partial charge in [-0.3, -0.25) is 5.32 Å². The van der Waals surface area contributed by atoms with Crippen molar-refractivity contribution in [2.45, 2.75) is 19.3 Å². The number of aromatic carboxylic acids is 1. The predicted molar refractivity (Wildman–Crippen MR) is 79.4 cm³/mol. The quantitative estimate of drug-likeness (QED) is 0.909. The van der Waals surface area contributed by atoms with E-state index in [1.807, 2.05) is 6.07 Å². The first-order valence-electron chi connectivity index (χ1n) is 6.57. The Morgan fingerprint density at radius 1 is 1.19 bits per heavy atom. The zero-order chi connectivity index (χ0) is 14.8. The third-order valence-corrected chi connectivity index (χ3v) is 4.51. The summed E-state index contributed by atoms with van der Waals surface area (Å²) in [5.41, 5.74) is 1.06. The van der Waals surface area contributed by atoms with E-state index in [2.05, 4.69) is 5.32 Å². The molecule has 1 aliphatic carbocycles. The fraction of sp³-hybridized carbons (Fsp3) is 0.200. The van der Waals surface area contributed by atoms with Crippen molar-refractivity contribution in [1.82, 2.24) is 0 Å². The molecule has 0 atom stereocenters. The maximum atomic E-state index is 11.9. The number of carbonyl (C=O) groups is 2. The molecule has 2 aromatic rings. The molecule has 0 unspecified atom stereocenters. The number of aryl methyl sites for hydroxylation is 1. The maximum Gasteiger partial charge on any atom is 0.417 e. The second-order valence-electron chi connectivity index (χ2n) is 4.69. The fourth-order valence-corrected chi connectivity index (χ4v) is 3.70. The van der Waals surface area contributed by atoms with Gasteiger partial charge in [-0.15, -0.1) is 11.3 Å². The Hall–Kier alpha value is -2.34. The van der Waals surface area contributed by atoms with E-state index in [4.69, 9.17) is 4.74 Å². The minimum absolute atomic E-state index is 0.206. The molecule has 6 heteroatoms. The van der Waals surface area contributed by atoms with Crippen molar-refractivity contribution < 1.29 is 19.4 Å². The van der Waals surface area contributed by atoms with Crippen LogP contribution in [0.3, 0.4) is 0 Å². The predicted octanol–water partition coefficient (Wildman–Crippen LogP) is 3.55. The number of carbonyl (C=O) groups excluding carboxylic acids is 1. The van der Waals surface area contributed by atoms with Crippen molar-refractivity contribution >= 4 is 28.4 Å². The summed E-state index contributed by atoms with van der Waals surface area (Å²) in [5, 5.41) is 12.2. The Morgan fingerprint density at radius 2 is 1.95 bits per heavy atom. The highest BCUT2D eigenvalue weighted by atomic mass is 32.1. The van der Waals surface area contributed by atoms with E-state index in [0.717, 1.165) is 29.7 Å². The molecular formula is C15H13NO4S. The molecule has 0 bridgehead atoms. The lowest BCUT2D eigenvalue weighted by atomic mass is 10.1. The van der Waals surface area contributed by atoms with Gasteiger partial charge in [-0.25, -0.2) is 9.59 Å². The molecule has 0 aliphatic heterocycles. The minimum Gasteiger partial charge on any atom is -0.478 e. The number of anilines is 1. The van der Waals surface area contributed by atoms with Crippen LogP contribution in [-0.4, -0.2) is 17.2 Å². The van der Waals surface area contributed by atoms with Crippen LogP contribution in [0.15, 0.2) is 30.3 Å². The fourth-order valence-electron chi connectivity index (χ4n) is 2.43. The number of ether oxygens (including phenoxy) is 1. The number of carboxylic acid groups (broad SMARTS) is 1. The normalized spacial score (nSPS) is 12.8. The molecule has 2 N–H and O–H groups in total. The maximum absolute atomic E-state index is 11.9. The van der Waals surface area contributed by atoms with Crippen LogP contribution >= 0.6 is 11.3 Å². The lowest BCUT2D eigenvalue weighted by molar-refractivity contribution is 0.0697. The lowest BCUT2D eigenvalue weighted by Crippen LogP contribution is -2.17. The monoisotopic (exact) mass is 303 g/mol. The number of amides is 1. The summed E-state index contributed by atoms with van der Waals surface area (Å²) < 4.78 is 5.12. The Labute approximate surface area is 125 Å². The molecule has 0 spiro atoms. The van der Waals surface area contributed by atoms with Gasteiger partial charge in [-0.1, -0.05) is 18.2 Å². The van der Waals surface area contributed by atoms with Crippen molar-refractivity contribution in [3.8, 4) is 5.75 Å². The Bertz CT molecular complexity index is 693. The van der Waals surface area contributed by atoms with E-state index in [9.17, 15) is 14.7 Å². The zero-order valence-corrected chi connectivity index (χ0v) is 11.9. The van der Waals surface area contributed by atoms with Crippen LogP contribution in [0.2, 0.25) is 0 Å².